The van der Waals surface area contributed by atoms with E-state index in [0.29, 0.717) is 23.6 Å². The molecule has 6 nitrogen and oxygen atoms in total. The van der Waals surface area contributed by atoms with E-state index in [1.807, 2.05) is 20.2 Å². The Kier molecular flexibility index (Phi) is 6.99. The van der Waals surface area contributed by atoms with Crippen molar-refractivity contribution in [1.82, 2.24) is 10.2 Å². The van der Waals surface area contributed by atoms with Crippen LogP contribution in [0.1, 0.15) is 34.8 Å². The third kappa shape index (κ3) is 4.82. The fourth-order valence-electron chi connectivity index (χ4n) is 3.86. The van der Waals surface area contributed by atoms with Gasteiger partial charge in [0.15, 0.2) is 0 Å². The van der Waals surface area contributed by atoms with Crippen LogP contribution < -0.4 is 19.7 Å². The van der Waals surface area contributed by atoms with Crippen LogP contribution in [0.5, 0.6) is 11.5 Å². The molecule has 0 bridgehead atoms. The van der Waals surface area contributed by atoms with Crippen LogP contribution >= 0.6 is 0 Å². The van der Waals surface area contributed by atoms with Crippen molar-refractivity contribution >= 4 is 11.6 Å². The molecule has 1 fully saturated rings. The molecule has 1 saturated heterocycles. The summed E-state index contributed by atoms with van der Waals surface area (Å²) in [5, 5.41) is 3.11. The van der Waals surface area contributed by atoms with E-state index in [1.165, 1.54) is 18.4 Å². The van der Waals surface area contributed by atoms with E-state index in [9.17, 15) is 4.79 Å². The van der Waals surface area contributed by atoms with Gasteiger partial charge in [-0.2, -0.15) is 0 Å². The van der Waals surface area contributed by atoms with Crippen molar-refractivity contribution in [3.05, 3.63) is 53.6 Å². The average molecular weight is 398 g/mol. The first-order chi connectivity index (χ1) is 14.0. The number of likely N-dealkylation sites (tertiary alicyclic amines) is 1. The molecule has 1 N–H and O–H groups in total. The minimum Gasteiger partial charge on any atom is -0.496 e. The lowest BCUT2D eigenvalue weighted by atomic mass is 10.0. The highest BCUT2D eigenvalue weighted by Gasteiger charge is 2.25. The molecule has 29 heavy (non-hydrogen) atoms. The number of benzene rings is 2. The summed E-state index contributed by atoms with van der Waals surface area (Å²) < 4.78 is 10.8. The standard InChI is InChI=1S/C23H31N3O3/c1-25(2)18-12-10-17(11-13-18)19(26-14-5-6-15-26)16-24-23(27)22-20(28-3)8-7-9-21(22)29-4/h7-13,19H,5-6,14-16H2,1-4H3,(H,24,27)/t19-/m0/s1. The molecular weight excluding hydrogens is 366 g/mol. The molecule has 6 heteroatoms. The van der Waals surface area contributed by atoms with Crippen molar-refractivity contribution in [3.63, 3.8) is 0 Å². The van der Waals surface area contributed by atoms with E-state index in [2.05, 4.69) is 39.4 Å². The maximum atomic E-state index is 13.0. The number of ether oxygens (including phenoxy) is 2. The fourth-order valence-corrected chi connectivity index (χ4v) is 3.86. The lowest BCUT2D eigenvalue weighted by molar-refractivity contribution is 0.0931. The number of hydrogen-bond donors (Lipinski definition) is 1. The largest absolute Gasteiger partial charge is 0.496 e. The molecule has 2 aromatic rings. The first-order valence-corrected chi connectivity index (χ1v) is 10.1. The number of nitrogens with zero attached hydrogens (tertiary/aromatic N) is 2. The van der Waals surface area contributed by atoms with Gasteiger partial charge in [0.25, 0.3) is 5.91 Å². The third-order valence-electron chi connectivity index (χ3n) is 5.49. The molecule has 0 aliphatic carbocycles. The van der Waals surface area contributed by atoms with E-state index in [0.717, 1.165) is 18.8 Å². The number of rotatable bonds is 8. The molecule has 1 aliphatic rings. The van der Waals surface area contributed by atoms with E-state index in [4.69, 9.17) is 9.47 Å². The Labute approximate surface area is 173 Å². The summed E-state index contributed by atoms with van der Waals surface area (Å²) in [7, 11) is 7.19. The molecule has 0 radical (unpaired) electrons. The van der Waals surface area contributed by atoms with Crippen LogP contribution in [0.2, 0.25) is 0 Å². The number of anilines is 1. The highest BCUT2D eigenvalue weighted by molar-refractivity contribution is 5.99. The van der Waals surface area contributed by atoms with Crippen LogP contribution in [0.15, 0.2) is 42.5 Å². The van der Waals surface area contributed by atoms with Gasteiger partial charge in [-0.05, 0) is 55.8 Å². The smallest absolute Gasteiger partial charge is 0.258 e. The summed E-state index contributed by atoms with van der Waals surface area (Å²) in [4.78, 5) is 17.5. The minimum absolute atomic E-state index is 0.137. The highest BCUT2D eigenvalue weighted by atomic mass is 16.5. The monoisotopic (exact) mass is 397 g/mol. The average Bonchev–Trinajstić information content (AvgIpc) is 3.28. The first kappa shape index (κ1) is 21.0. The molecule has 0 saturated carbocycles. The summed E-state index contributed by atoms with van der Waals surface area (Å²) in [6.45, 7) is 2.63. The van der Waals surface area contributed by atoms with E-state index >= 15 is 0 Å². The summed E-state index contributed by atoms with van der Waals surface area (Å²) in [5.41, 5.74) is 2.81. The number of carbonyl (C=O) groups is 1. The van der Waals surface area contributed by atoms with Crippen molar-refractivity contribution in [2.45, 2.75) is 18.9 Å². The molecule has 1 aliphatic heterocycles. The predicted molar refractivity (Wildman–Crippen MR) is 116 cm³/mol. The Morgan fingerprint density at radius 3 is 2.14 bits per heavy atom. The zero-order valence-electron chi connectivity index (χ0n) is 17.8. The minimum atomic E-state index is -0.187. The van der Waals surface area contributed by atoms with Crippen LogP contribution in [0, 0.1) is 0 Å². The number of hydrogen-bond acceptors (Lipinski definition) is 5. The van der Waals surface area contributed by atoms with Gasteiger partial charge in [-0.1, -0.05) is 18.2 Å². The van der Waals surface area contributed by atoms with Gasteiger partial charge in [-0.15, -0.1) is 0 Å². The van der Waals surface area contributed by atoms with Crippen molar-refractivity contribution in [2.75, 3.05) is 52.8 Å². The Morgan fingerprint density at radius 1 is 1.03 bits per heavy atom. The summed E-state index contributed by atoms with van der Waals surface area (Å²) in [5.74, 6) is 0.832. The van der Waals surface area contributed by atoms with Crippen molar-refractivity contribution in [1.29, 1.82) is 0 Å². The molecule has 1 heterocycles. The maximum Gasteiger partial charge on any atom is 0.258 e. The molecule has 0 unspecified atom stereocenters. The highest BCUT2D eigenvalue weighted by Crippen LogP contribution is 2.29. The van der Waals surface area contributed by atoms with Gasteiger partial charge >= 0.3 is 0 Å². The molecule has 156 valence electrons. The molecule has 1 amide bonds. The van der Waals surface area contributed by atoms with Crippen LogP contribution in [-0.2, 0) is 0 Å². The van der Waals surface area contributed by atoms with Gasteiger partial charge in [0, 0.05) is 26.3 Å². The van der Waals surface area contributed by atoms with Gasteiger partial charge in [0.05, 0.1) is 20.3 Å². The lowest BCUT2D eigenvalue weighted by Crippen LogP contribution is -2.37. The molecule has 3 rings (SSSR count). The summed E-state index contributed by atoms with van der Waals surface area (Å²) in [6.07, 6.45) is 2.39. The number of amides is 1. The molecule has 0 aromatic heterocycles. The Hall–Kier alpha value is -2.73. The van der Waals surface area contributed by atoms with Crippen molar-refractivity contribution in [2.24, 2.45) is 0 Å². The fraction of sp³-hybridized carbons (Fsp3) is 0.435. The maximum absolute atomic E-state index is 13.0. The van der Waals surface area contributed by atoms with Crippen molar-refractivity contribution in [3.8, 4) is 11.5 Å². The van der Waals surface area contributed by atoms with Crippen molar-refractivity contribution < 1.29 is 14.3 Å². The second kappa shape index (κ2) is 9.65. The normalized spacial score (nSPS) is 15.0. The summed E-state index contributed by atoms with van der Waals surface area (Å²) >= 11 is 0. The van der Waals surface area contributed by atoms with E-state index in [1.54, 1.807) is 26.4 Å². The van der Waals surface area contributed by atoms with Crippen LogP contribution in [0.3, 0.4) is 0 Å². The number of nitrogens with one attached hydrogen (secondary N) is 1. The zero-order chi connectivity index (χ0) is 20.8. The second-order valence-corrected chi connectivity index (χ2v) is 7.49. The van der Waals surface area contributed by atoms with E-state index in [-0.39, 0.29) is 11.9 Å². The third-order valence-corrected chi connectivity index (χ3v) is 5.49. The first-order valence-electron chi connectivity index (χ1n) is 10.1. The summed E-state index contributed by atoms with van der Waals surface area (Å²) in [6, 6.07) is 14.1. The van der Waals surface area contributed by atoms with Gasteiger partial charge in [0.2, 0.25) is 0 Å². The Bertz CT molecular complexity index is 792. The number of carbonyl (C=O) groups excluding carboxylic acids is 1. The van der Waals surface area contributed by atoms with Gasteiger partial charge in [-0.3, -0.25) is 9.69 Å². The number of methoxy groups -OCH3 is 2. The predicted octanol–water partition coefficient (Wildman–Crippen LogP) is 3.34. The SMILES string of the molecule is COc1cccc(OC)c1C(=O)NC[C@@H](c1ccc(N(C)C)cc1)N1CCCC1. The van der Waals surface area contributed by atoms with Crippen LogP contribution in [0.4, 0.5) is 5.69 Å². The molecule has 1 atom stereocenters. The van der Waals surface area contributed by atoms with E-state index < -0.39 is 0 Å². The van der Waals surface area contributed by atoms with Gasteiger partial charge in [-0.25, -0.2) is 0 Å². The Morgan fingerprint density at radius 2 is 1.62 bits per heavy atom. The Balaban J connectivity index is 1.80. The second-order valence-electron chi connectivity index (χ2n) is 7.49. The lowest BCUT2D eigenvalue weighted by Gasteiger charge is -2.29. The van der Waals surface area contributed by atoms with Crippen LogP contribution in [0.25, 0.3) is 0 Å². The van der Waals surface area contributed by atoms with Gasteiger partial charge < -0.3 is 19.7 Å². The topological polar surface area (TPSA) is 54.0 Å². The zero-order valence-corrected chi connectivity index (χ0v) is 17.8. The quantitative estimate of drug-likeness (QED) is 0.740. The molecule has 0 spiro atoms. The van der Waals surface area contributed by atoms with Gasteiger partial charge in [0.1, 0.15) is 17.1 Å². The molecular formula is C23H31N3O3. The molecule has 2 aromatic carbocycles. The van der Waals surface area contributed by atoms with Crippen LogP contribution in [-0.4, -0.2) is 58.8 Å².